The van der Waals surface area contributed by atoms with Gasteiger partial charge in [-0.05, 0) is 26.0 Å². The molecule has 0 saturated carbocycles. The van der Waals surface area contributed by atoms with Crippen LogP contribution in [0.2, 0.25) is 0 Å². The molecule has 0 aliphatic carbocycles. The number of ether oxygens (including phenoxy) is 2. The standard InChI is InChI=1S/C13H16N2O2/c1-3-16-12-10-13(17-4-2)15(14-12)11-8-6-5-7-9-11/h5-10H,3-4H2,1-2H3. The molecule has 0 amide bonds. The average Bonchev–Trinajstić information content (AvgIpc) is 2.74. The molecule has 1 aromatic carbocycles. The third-order valence-corrected chi connectivity index (χ3v) is 2.24. The summed E-state index contributed by atoms with van der Waals surface area (Å²) in [5, 5.41) is 4.36. The van der Waals surface area contributed by atoms with Gasteiger partial charge in [0.05, 0.1) is 25.0 Å². The van der Waals surface area contributed by atoms with E-state index in [1.807, 2.05) is 44.2 Å². The van der Waals surface area contributed by atoms with Gasteiger partial charge >= 0.3 is 0 Å². The van der Waals surface area contributed by atoms with Crippen LogP contribution in [0, 0.1) is 0 Å². The molecule has 0 atom stereocenters. The van der Waals surface area contributed by atoms with Gasteiger partial charge in [-0.2, -0.15) is 4.68 Å². The number of aromatic nitrogens is 2. The smallest absolute Gasteiger partial charge is 0.237 e. The zero-order valence-electron chi connectivity index (χ0n) is 10.1. The Balaban J connectivity index is 2.37. The van der Waals surface area contributed by atoms with Gasteiger partial charge in [-0.1, -0.05) is 18.2 Å². The maximum absolute atomic E-state index is 5.54. The van der Waals surface area contributed by atoms with E-state index in [1.54, 1.807) is 10.7 Å². The number of benzene rings is 1. The monoisotopic (exact) mass is 232 g/mol. The van der Waals surface area contributed by atoms with Gasteiger partial charge in [-0.15, -0.1) is 5.10 Å². The fourth-order valence-electron chi connectivity index (χ4n) is 1.57. The van der Waals surface area contributed by atoms with Gasteiger partial charge in [-0.3, -0.25) is 0 Å². The summed E-state index contributed by atoms with van der Waals surface area (Å²) < 4.78 is 12.7. The number of nitrogens with zero attached hydrogens (tertiary/aromatic N) is 2. The average molecular weight is 232 g/mol. The Morgan fingerprint density at radius 2 is 1.76 bits per heavy atom. The summed E-state index contributed by atoms with van der Waals surface area (Å²) in [4.78, 5) is 0. The van der Waals surface area contributed by atoms with E-state index >= 15 is 0 Å². The molecule has 2 aromatic rings. The predicted octanol–water partition coefficient (Wildman–Crippen LogP) is 2.67. The van der Waals surface area contributed by atoms with Gasteiger partial charge in [0, 0.05) is 0 Å². The maximum Gasteiger partial charge on any atom is 0.237 e. The molecule has 17 heavy (non-hydrogen) atoms. The summed E-state index contributed by atoms with van der Waals surface area (Å²) in [5.74, 6) is 1.28. The normalized spacial score (nSPS) is 10.2. The summed E-state index contributed by atoms with van der Waals surface area (Å²) in [6.45, 7) is 5.08. The van der Waals surface area contributed by atoms with Crippen molar-refractivity contribution < 1.29 is 9.47 Å². The van der Waals surface area contributed by atoms with E-state index in [0.29, 0.717) is 25.0 Å². The van der Waals surface area contributed by atoms with Crippen molar-refractivity contribution in [3.63, 3.8) is 0 Å². The molecule has 0 spiro atoms. The first kappa shape index (κ1) is 11.5. The molecular weight excluding hydrogens is 216 g/mol. The number of para-hydroxylation sites is 1. The molecule has 0 radical (unpaired) electrons. The van der Waals surface area contributed by atoms with Crippen molar-refractivity contribution >= 4 is 0 Å². The van der Waals surface area contributed by atoms with E-state index in [1.165, 1.54) is 0 Å². The van der Waals surface area contributed by atoms with E-state index < -0.39 is 0 Å². The van der Waals surface area contributed by atoms with Crippen molar-refractivity contribution in [1.82, 2.24) is 9.78 Å². The van der Waals surface area contributed by atoms with Crippen LogP contribution in [-0.4, -0.2) is 23.0 Å². The van der Waals surface area contributed by atoms with E-state index in [2.05, 4.69) is 5.10 Å². The van der Waals surface area contributed by atoms with Crippen molar-refractivity contribution in [2.75, 3.05) is 13.2 Å². The van der Waals surface area contributed by atoms with Gasteiger partial charge < -0.3 is 9.47 Å². The van der Waals surface area contributed by atoms with E-state index in [0.717, 1.165) is 5.69 Å². The summed E-state index contributed by atoms with van der Waals surface area (Å²) in [5.41, 5.74) is 0.960. The topological polar surface area (TPSA) is 36.3 Å². The first-order chi connectivity index (χ1) is 8.35. The van der Waals surface area contributed by atoms with Gasteiger partial charge in [0.15, 0.2) is 0 Å². The molecule has 0 bridgehead atoms. The maximum atomic E-state index is 5.54. The fourth-order valence-corrected chi connectivity index (χ4v) is 1.57. The lowest BCUT2D eigenvalue weighted by Gasteiger charge is -2.06. The highest BCUT2D eigenvalue weighted by Gasteiger charge is 2.10. The van der Waals surface area contributed by atoms with E-state index in [-0.39, 0.29) is 0 Å². The summed E-state index contributed by atoms with van der Waals surface area (Å²) >= 11 is 0. The number of rotatable bonds is 5. The van der Waals surface area contributed by atoms with Gasteiger partial charge in [0.2, 0.25) is 11.8 Å². The molecule has 4 heteroatoms. The Bertz CT molecular complexity index is 466. The van der Waals surface area contributed by atoms with Crippen molar-refractivity contribution in [2.24, 2.45) is 0 Å². The number of hydrogen-bond donors (Lipinski definition) is 0. The SMILES string of the molecule is CCOc1cc(OCC)n(-c2ccccc2)n1. The molecule has 1 heterocycles. The van der Waals surface area contributed by atoms with E-state index in [4.69, 9.17) is 9.47 Å². The molecule has 0 N–H and O–H groups in total. The van der Waals surface area contributed by atoms with Gasteiger partial charge in [0.25, 0.3) is 0 Å². The molecule has 2 rings (SSSR count). The Morgan fingerprint density at radius 3 is 2.41 bits per heavy atom. The molecule has 1 aromatic heterocycles. The molecule has 0 saturated heterocycles. The van der Waals surface area contributed by atoms with Crippen molar-refractivity contribution in [3.05, 3.63) is 36.4 Å². The highest BCUT2D eigenvalue weighted by atomic mass is 16.5. The molecule has 4 nitrogen and oxygen atoms in total. The van der Waals surface area contributed by atoms with Crippen molar-refractivity contribution in [2.45, 2.75) is 13.8 Å². The van der Waals surface area contributed by atoms with Crippen LogP contribution in [0.4, 0.5) is 0 Å². The van der Waals surface area contributed by atoms with Crippen LogP contribution >= 0.6 is 0 Å². The third kappa shape index (κ3) is 2.58. The van der Waals surface area contributed by atoms with Crippen LogP contribution in [0.15, 0.2) is 36.4 Å². The van der Waals surface area contributed by atoms with E-state index in [9.17, 15) is 0 Å². The summed E-state index contributed by atoms with van der Waals surface area (Å²) in [6.07, 6.45) is 0. The Morgan fingerprint density at radius 1 is 1.06 bits per heavy atom. The molecule has 0 aliphatic rings. The first-order valence-corrected chi connectivity index (χ1v) is 5.76. The Kier molecular flexibility index (Phi) is 3.65. The summed E-state index contributed by atoms with van der Waals surface area (Å²) in [7, 11) is 0. The molecule has 90 valence electrons. The van der Waals surface area contributed by atoms with Gasteiger partial charge in [-0.25, -0.2) is 0 Å². The second kappa shape index (κ2) is 5.39. The van der Waals surface area contributed by atoms with Crippen LogP contribution in [0.3, 0.4) is 0 Å². The predicted molar refractivity (Wildman–Crippen MR) is 65.9 cm³/mol. The van der Waals surface area contributed by atoms with Gasteiger partial charge in [0.1, 0.15) is 0 Å². The van der Waals surface area contributed by atoms with Crippen LogP contribution < -0.4 is 9.47 Å². The molecule has 0 aliphatic heterocycles. The minimum absolute atomic E-state index is 0.583. The van der Waals surface area contributed by atoms with Crippen LogP contribution in [0.1, 0.15) is 13.8 Å². The third-order valence-electron chi connectivity index (χ3n) is 2.24. The Hall–Kier alpha value is -1.97. The minimum Gasteiger partial charge on any atom is -0.478 e. The lowest BCUT2D eigenvalue weighted by molar-refractivity contribution is 0.316. The van der Waals surface area contributed by atoms with Crippen LogP contribution in [0.5, 0.6) is 11.8 Å². The first-order valence-electron chi connectivity index (χ1n) is 5.76. The van der Waals surface area contributed by atoms with Crippen LogP contribution in [0.25, 0.3) is 5.69 Å². The van der Waals surface area contributed by atoms with Crippen LogP contribution in [-0.2, 0) is 0 Å². The highest BCUT2D eigenvalue weighted by molar-refractivity contribution is 5.37. The molecule has 0 fully saturated rings. The minimum atomic E-state index is 0.583. The second-order valence-electron chi connectivity index (χ2n) is 3.43. The molecule has 0 unspecified atom stereocenters. The lowest BCUT2D eigenvalue weighted by atomic mass is 10.3. The molecular formula is C13H16N2O2. The largest absolute Gasteiger partial charge is 0.478 e. The fraction of sp³-hybridized carbons (Fsp3) is 0.308. The van der Waals surface area contributed by atoms with Crippen molar-refractivity contribution in [3.8, 4) is 17.4 Å². The zero-order valence-corrected chi connectivity index (χ0v) is 10.1. The van der Waals surface area contributed by atoms with Crippen molar-refractivity contribution in [1.29, 1.82) is 0 Å². The number of hydrogen-bond acceptors (Lipinski definition) is 3. The lowest BCUT2D eigenvalue weighted by Crippen LogP contribution is -2.02. The summed E-state index contributed by atoms with van der Waals surface area (Å²) in [6, 6.07) is 11.7. The Labute approximate surface area is 101 Å². The highest BCUT2D eigenvalue weighted by Crippen LogP contribution is 2.23. The zero-order chi connectivity index (χ0) is 12.1. The second-order valence-corrected chi connectivity index (χ2v) is 3.43. The quantitative estimate of drug-likeness (QED) is 0.795.